The molecular weight excluding hydrogens is 341 g/mol. The molecule has 0 aliphatic carbocycles. The van der Waals surface area contributed by atoms with Crippen LogP contribution in [0.5, 0.6) is 0 Å². The highest BCUT2D eigenvalue weighted by molar-refractivity contribution is 9.10. The summed E-state index contributed by atoms with van der Waals surface area (Å²) in [6.07, 6.45) is 0. The van der Waals surface area contributed by atoms with Crippen molar-refractivity contribution in [2.45, 2.75) is 6.54 Å². The molecule has 106 valence electrons. The van der Waals surface area contributed by atoms with Crippen LogP contribution in [0.1, 0.15) is 11.1 Å². The van der Waals surface area contributed by atoms with Crippen molar-refractivity contribution < 1.29 is 9.31 Å². The summed E-state index contributed by atoms with van der Waals surface area (Å²) < 4.78 is 13.9. The summed E-state index contributed by atoms with van der Waals surface area (Å²) in [4.78, 5) is 10.3. The summed E-state index contributed by atoms with van der Waals surface area (Å²) in [5.74, 6) is -0.572. The number of hydrogen-bond acceptors (Lipinski definition) is 4. The van der Waals surface area contributed by atoms with Crippen molar-refractivity contribution in [2.75, 3.05) is 5.32 Å². The Morgan fingerprint density at radius 1 is 1.33 bits per heavy atom. The molecule has 0 aliphatic heterocycles. The molecule has 0 fully saturated rings. The van der Waals surface area contributed by atoms with Crippen molar-refractivity contribution in [1.29, 1.82) is 5.26 Å². The van der Waals surface area contributed by atoms with Crippen molar-refractivity contribution in [3.8, 4) is 6.07 Å². The van der Waals surface area contributed by atoms with Crippen LogP contribution >= 0.6 is 15.9 Å². The lowest BCUT2D eigenvalue weighted by atomic mass is 10.1. The van der Waals surface area contributed by atoms with E-state index in [1.807, 2.05) is 0 Å². The molecule has 5 nitrogen and oxygen atoms in total. The van der Waals surface area contributed by atoms with Crippen LogP contribution in [0.15, 0.2) is 40.9 Å². The van der Waals surface area contributed by atoms with Crippen LogP contribution in [-0.4, -0.2) is 4.92 Å². The number of nitro benzene ring substituents is 1. The molecule has 0 amide bonds. The van der Waals surface area contributed by atoms with Gasteiger partial charge in [-0.3, -0.25) is 10.1 Å². The number of hydrogen-bond donors (Lipinski definition) is 1. The third-order valence-electron chi connectivity index (χ3n) is 2.79. The normalized spacial score (nSPS) is 9.95. The van der Waals surface area contributed by atoms with E-state index in [1.54, 1.807) is 18.2 Å². The molecule has 0 aliphatic rings. The zero-order valence-electron chi connectivity index (χ0n) is 10.6. The van der Waals surface area contributed by atoms with E-state index in [2.05, 4.69) is 21.2 Å². The number of non-ortho nitro benzene ring substituents is 1. The minimum absolute atomic E-state index is 0.0301. The highest BCUT2D eigenvalue weighted by atomic mass is 79.9. The number of nitrogens with zero attached hydrogens (tertiary/aromatic N) is 2. The van der Waals surface area contributed by atoms with Crippen molar-refractivity contribution >= 4 is 27.3 Å². The van der Waals surface area contributed by atoms with Gasteiger partial charge in [0, 0.05) is 23.2 Å². The fraction of sp³-hybridized carbons (Fsp3) is 0.0714. The minimum Gasteiger partial charge on any atom is -0.380 e. The Bertz CT molecular complexity index is 743. The number of nitrogens with one attached hydrogen (secondary N) is 1. The molecular formula is C14H9BrFN3O2. The van der Waals surface area contributed by atoms with Crippen LogP contribution in [0.25, 0.3) is 0 Å². The molecule has 2 aromatic carbocycles. The maximum absolute atomic E-state index is 13.2. The van der Waals surface area contributed by atoms with Gasteiger partial charge in [-0.2, -0.15) is 5.26 Å². The Balaban J connectivity index is 2.18. The highest BCUT2D eigenvalue weighted by Gasteiger charge is 2.09. The van der Waals surface area contributed by atoms with Gasteiger partial charge in [0.2, 0.25) is 0 Å². The fourth-order valence-corrected chi connectivity index (χ4v) is 2.11. The third-order valence-corrected chi connectivity index (χ3v) is 3.49. The molecule has 0 unspecified atom stereocenters. The van der Waals surface area contributed by atoms with Crippen molar-refractivity contribution in [1.82, 2.24) is 0 Å². The van der Waals surface area contributed by atoms with Gasteiger partial charge in [-0.15, -0.1) is 0 Å². The number of anilines is 1. The van der Waals surface area contributed by atoms with Crippen LogP contribution in [0, 0.1) is 27.3 Å². The zero-order chi connectivity index (χ0) is 15.4. The van der Waals surface area contributed by atoms with Crippen LogP contribution in [-0.2, 0) is 6.54 Å². The van der Waals surface area contributed by atoms with E-state index in [-0.39, 0.29) is 11.3 Å². The number of nitro groups is 1. The van der Waals surface area contributed by atoms with Gasteiger partial charge in [0.25, 0.3) is 5.69 Å². The van der Waals surface area contributed by atoms with Crippen LogP contribution in [0.4, 0.5) is 15.8 Å². The van der Waals surface area contributed by atoms with E-state index in [0.717, 1.165) is 0 Å². The molecule has 2 aromatic rings. The lowest BCUT2D eigenvalue weighted by Gasteiger charge is -2.09. The summed E-state index contributed by atoms with van der Waals surface area (Å²) in [6, 6.07) is 10.3. The number of rotatable bonds is 4. The van der Waals surface area contributed by atoms with Gasteiger partial charge in [0.05, 0.1) is 16.2 Å². The zero-order valence-corrected chi connectivity index (χ0v) is 12.2. The largest absolute Gasteiger partial charge is 0.380 e. The standard InChI is InChI=1S/C14H9BrFN3O2/c15-12-3-2-11(19(20)21)6-14(12)18-8-9-1-4-13(16)10(5-9)7-17/h1-6,18H,8H2. The monoisotopic (exact) mass is 349 g/mol. The Hall–Kier alpha value is -2.46. The number of halogens is 2. The van der Waals surface area contributed by atoms with Crippen molar-refractivity contribution in [2.24, 2.45) is 0 Å². The Kier molecular flexibility index (Phi) is 4.50. The van der Waals surface area contributed by atoms with E-state index >= 15 is 0 Å². The Morgan fingerprint density at radius 2 is 2.10 bits per heavy atom. The van der Waals surface area contributed by atoms with Gasteiger partial charge in [-0.25, -0.2) is 4.39 Å². The Labute approximate surface area is 128 Å². The maximum atomic E-state index is 13.2. The summed E-state index contributed by atoms with van der Waals surface area (Å²) in [5, 5.41) is 22.5. The quantitative estimate of drug-likeness (QED) is 0.668. The van der Waals surface area contributed by atoms with Crippen LogP contribution < -0.4 is 5.32 Å². The Morgan fingerprint density at radius 3 is 2.76 bits per heavy atom. The molecule has 7 heteroatoms. The van der Waals surface area contributed by atoms with Crippen LogP contribution in [0.2, 0.25) is 0 Å². The second-order valence-electron chi connectivity index (χ2n) is 4.20. The second kappa shape index (κ2) is 6.33. The second-order valence-corrected chi connectivity index (χ2v) is 5.06. The highest BCUT2D eigenvalue weighted by Crippen LogP contribution is 2.27. The molecule has 0 atom stereocenters. The number of benzene rings is 2. The summed E-state index contributed by atoms with van der Waals surface area (Å²) in [5.41, 5.74) is 1.18. The molecule has 0 bridgehead atoms. The summed E-state index contributed by atoms with van der Waals surface area (Å²) in [7, 11) is 0. The van der Waals surface area contributed by atoms with Gasteiger partial charge < -0.3 is 5.32 Å². The molecule has 0 saturated carbocycles. The minimum atomic E-state index is -0.572. The predicted octanol–water partition coefficient (Wildman–Crippen LogP) is 3.98. The molecule has 21 heavy (non-hydrogen) atoms. The molecule has 0 radical (unpaired) electrons. The maximum Gasteiger partial charge on any atom is 0.271 e. The molecule has 0 aromatic heterocycles. The van der Waals surface area contributed by atoms with Gasteiger partial charge >= 0.3 is 0 Å². The average molecular weight is 350 g/mol. The lowest BCUT2D eigenvalue weighted by Crippen LogP contribution is -2.02. The van der Waals surface area contributed by atoms with Crippen molar-refractivity contribution in [3.05, 3.63) is 67.9 Å². The third kappa shape index (κ3) is 3.55. The topological polar surface area (TPSA) is 79.0 Å². The first kappa shape index (κ1) is 14.9. The lowest BCUT2D eigenvalue weighted by molar-refractivity contribution is -0.384. The van der Waals surface area contributed by atoms with E-state index < -0.39 is 10.7 Å². The van der Waals surface area contributed by atoms with Gasteiger partial charge in [0.15, 0.2) is 0 Å². The van der Waals surface area contributed by atoms with Crippen LogP contribution in [0.3, 0.4) is 0 Å². The summed E-state index contributed by atoms with van der Waals surface area (Å²) >= 11 is 3.30. The first-order chi connectivity index (χ1) is 10.0. The molecule has 0 saturated heterocycles. The predicted molar refractivity (Wildman–Crippen MR) is 79.2 cm³/mol. The molecule has 0 spiro atoms. The van der Waals surface area contributed by atoms with Crippen molar-refractivity contribution in [3.63, 3.8) is 0 Å². The SMILES string of the molecule is N#Cc1cc(CNc2cc([N+](=O)[O-])ccc2Br)ccc1F. The van der Waals surface area contributed by atoms with E-state index in [4.69, 9.17) is 5.26 Å². The van der Waals surface area contributed by atoms with E-state index in [1.165, 1.54) is 24.3 Å². The fourth-order valence-electron chi connectivity index (χ4n) is 1.73. The molecule has 1 N–H and O–H groups in total. The van der Waals surface area contributed by atoms with Gasteiger partial charge in [0.1, 0.15) is 11.9 Å². The first-order valence-corrected chi connectivity index (χ1v) is 6.67. The first-order valence-electron chi connectivity index (χ1n) is 5.87. The van der Waals surface area contributed by atoms with E-state index in [0.29, 0.717) is 22.3 Å². The van der Waals surface area contributed by atoms with E-state index in [9.17, 15) is 14.5 Å². The smallest absolute Gasteiger partial charge is 0.271 e. The molecule has 0 heterocycles. The van der Waals surface area contributed by atoms with Gasteiger partial charge in [-0.05, 0) is 39.7 Å². The number of nitriles is 1. The van der Waals surface area contributed by atoms with Gasteiger partial charge in [-0.1, -0.05) is 6.07 Å². The average Bonchev–Trinajstić information content (AvgIpc) is 2.47. The molecule has 2 rings (SSSR count). The summed E-state index contributed by atoms with van der Waals surface area (Å²) in [6.45, 7) is 0.314.